The van der Waals surface area contributed by atoms with Crippen molar-refractivity contribution in [2.24, 2.45) is 5.73 Å². The third-order valence-electron chi connectivity index (χ3n) is 2.45. The lowest BCUT2D eigenvalue weighted by Crippen LogP contribution is -2.52. The lowest BCUT2D eigenvalue weighted by Gasteiger charge is -2.41. The Labute approximate surface area is 92.7 Å². The maximum Gasteiger partial charge on any atom is 0.0757 e. The standard InChI is InChI=1S/C11H24N2O2/c1-10-8-13(5-7-14-6-4-12)9-11(2,3)15-10/h10H,4-9,12H2,1-3H3. The van der Waals surface area contributed by atoms with Gasteiger partial charge in [0.15, 0.2) is 0 Å². The zero-order valence-electron chi connectivity index (χ0n) is 10.2. The maximum atomic E-state index is 5.83. The van der Waals surface area contributed by atoms with E-state index in [-0.39, 0.29) is 5.60 Å². The first-order valence-corrected chi connectivity index (χ1v) is 5.71. The fourth-order valence-electron chi connectivity index (χ4n) is 2.14. The zero-order chi connectivity index (χ0) is 11.3. The quantitative estimate of drug-likeness (QED) is 0.678. The van der Waals surface area contributed by atoms with Gasteiger partial charge in [-0.1, -0.05) is 0 Å². The molecule has 1 aliphatic rings. The highest BCUT2D eigenvalue weighted by molar-refractivity contribution is 4.82. The van der Waals surface area contributed by atoms with Crippen molar-refractivity contribution in [3.63, 3.8) is 0 Å². The molecular formula is C11H24N2O2. The Kier molecular flexibility index (Phi) is 4.99. The van der Waals surface area contributed by atoms with Crippen LogP contribution < -0.4 is 5.73 Å². The molecule has 1 saturated heterocycles. The first-order valence-electron chi connectivity index (χ1n) is 5.71. The summed E-state index contributed by atoms with van der Waals surface area (Å²) < 4.78 is 11.2. The molecule has 0 spiro atoms. The predicted octanol–water partition coefficient (Wildman–Crippen LogP) is 0.461. The van der Waals surface area contributed by atoms with E-state index >= 15 is 0 Å². The summed E-state index contributed by atoms with van der Waals surface area (Å²) in [6.07, 6.45) is 0.309. The van der Waals surface area contributed by atoms with E-state index in [9.17, 15) is 0 Å². The van der Waals surface area contributed by atoms with E-state index in [4.69, 9.17) is 15.2 Å². The summed E-state index contributed by atoms with van der Waals surface area (Å²) >= 11 is 0. The van der Waals surface area contributed by atoms with Gasteiger partial charge in [-0.15, -0.1) is 0 Å². The van der Waals surface area contributed by atoms with Crippen molar-refractivity contribution in [2.75, 3.05) is 39.4 Å². The van der Waals surface area contributed by atoms with Crippen molar-refractivity contribution in [2.45, 2.75) is 32.5 Å². The van der Waals surface area contributed by atoms with E-state index in [0.29, 0.717) is 19.3 Å². The van der Waals surface area contributed by atoms with Crippen LogP contribution in [0.5, 0.6) is 0 Å². The minimum Gasteiger partial charge on any atom is -0.379 e. The second-order valence-corrected chi connectivity index (χ2v) is 4.82. The lowest BCUT2D eigenvalue weighted by atomic mass is 10.1. The molecule has 90 valence electrons. The highest BCUT2D eigenvalue weighted by Gasteiger charge is 2.30. The van der Waals surface area contributed by atoms with Gasteiger partial charge < -0.3 is 15.2 Å². The second kappa shape index (κ2) is 5.80. The highest BCUT2D eigenvalue weighted by Crippen LogP contribution is 2.20. The molecule has 1 rings (SSSR count). The molecule has 2 N–H and O–H groups in total. The van der Waals surface area contributed by atoms with Crippen LogP contribution in [0.3, 0.4) is 0 Å². The molecule has 0 radical (unpaired) electrons. The molecule has 1 unspecified atom stereocenters. The minimum absolute atomic E-state index is 0.0362. The molecule has 1 aliphatic heterocycles. The third kappa shape index (κ3) is 4.93. The largest absolute Gasteiger partial charge is 0.379 e. The van der Waals surface area contributed by atoms with Crippen molar-refractivity contribution in [3.05, 3.63) is 0 Å². The number of nitrogens with two attached hydrogens (primary N) is 1. The third-order valence-corrected chi connectivity index (χ3v) is 2.45. The summed E-state index contributed by atoms with van der Waals surface area (Å²) in [5.41, 5.74) is 5.32. The average molecular weight is 216 g/mol. The summed E-state index contributed by atoms with van der Waals surface area (Å²) in [6.45, 7) is 11.4. The highest BCUT2D eigenvalue weighted by atomic mass is 16.5. The van der Waals surface area contributed by atoms with Gasteiger partial charge in [0.1, 0.15) is 0 Å². The molecule has 1 atom stereocenters. The molecule has 0 aromatic rings. The Balaban J connectivity index is 2.23. The average Bonchev–Trinajstić information content (AvgIpc) is 2.09. The van der Waals surface area contributed by atoms with Crippen LogP contribution in [-0.4, -0.2) is 56.0 Å². The van der Waals surface area contributed by atoms with Crippen LogP contribution in [0.15, 0.2) is 0 Å². The smallest absolute Gasteiger partial charge is 0.0757 e. The molecule has 1 fully saturated rings. The van der Waals surface area contributed by atoms with E-state index in [1.54, 1.807) is 0 Å². The van der Waals surface area contributed by atoms with Gasteiger partial charge in [0.05, 0.1) is 24.9 Å². The van der Waals surface area contributed by atoms with Crippen LogP contribution in [0.2, 0.25) is 0 Å². The Bertz CT molecular complexity index is 185. The van der Waals surface area contributed by atoms with Crippen molar-refractivity contribution >= 4 is 0 Å². The molecule has 0 aliphatic carbocycles. The van der Waals surface area contributed by atoms with Gasteiger partial charge >= 0.3 is 0 Å². The first kappa shape index (κ1) is 12.9. The van der Waals surface area contributed by atoms with E-state index in [2.05, 4.69) is 25.7 Å². The van der Waals surface area contributed by atoms with E-state index in [0.717, 1.165) is 26.2 Å². The van der Waals surface area contributed by atoms with Crippen molar-refractivity contribution < 1.29 is 9.47 Å². The second-order valence-electron chi connectivity index (χ2n) is 4.82. The van der Waals surface area contributed by atoms with Crippen LogP contribution in [-0.2, 0) is 9.47 Å². The normalized spacial score (nSPS) is 26.8. The van der Waals surface area contributed by atoms with Gasteiger partial charge in [-0.25, -0.2) is 0 Å². The number of rotatable bonds is 5. The number of hydrogen-bond acceptors (Lipinski definition) is 4. The topological polar surface area (TPSA) is 47.7 Å². The number of ether oxygens (including phenoxy) is 2. The zero-order valence-corrected chi connectivity index (χ0v) is 10.2. The van der Waals surface area contributed by atoms with E-state index < -0.39 is 0 Å². The Hall–Kier alpha value is -0.160. The van der Waals surface area contributed by atoms with Crippen LogP contribution in [0.25, 0.3) is 0 Å². The Morgan fingerprint density at radius 2 is 2.20 bits per heavy atom. The fraction of sp³-hybridized carbons (Fsp3) is 1.00. The van der Waals surface area contributed by atoms with E-state index in [1.165, 1.54) is 0 Å². The van der Waals surface area contributed by atoms with Gasteiger partial charge in [-0.2, -0.15) is 0 Å². The van der Waals surface area contributed by atoms with Crippen LogP contribution in [0.4, 0.5) is 0 Å². The van der Waals surface area contributed by atoms with Gasteiger partial charge in [0, 0.05) is 26.2 Å². The molecule has 0 bridgehead atoms. The number of hydrogen-bond donors (Lipinski definition) is 1. The minimum atomic E-state index is -0.0362. The Morgan fingerprint density at radius 3 is 2.80 bits per heavy atom. The summed E-state index contributed by atoms with van der Waals surface area (Å²) in [7, 11) is 0. The van der Waals surface area contributed by atoms with Gasteiger partial charge in [-0.3, -0.25) is 4.90 Å². The predicted molar refractivity (Wildman–Crippen MR) is 60.9 cm³/mol. The SMILES string of the molecule is CC1CN(CCOCCN)CC(C)(C)O1. The molecule has 0 amide bonds. The van der Waals surface area contributed by atoms with Crippen molar-refractivity contribution in [3.8, 4) is 0 Å². The fourth-order valence-corrected chi connectivity index (χ4v) is 2.14. The summed E-state index contributed by atoms with van der Waals surface area (Å²) in [6, 6.07) is 0. The molecule has 1 heterocycles. The Morgan fingerprint density at radius 1 is 1.47 bits per heavy atom. The van der Waals surface area contributed by atoms with Crippen molar-refractivity contribution in [1.29, 1.82) is 0 Å². The number of morpholine rings is 1. The van der Waals surface area contributed by atoms with Gasteiger partial charge in [0.25, 0.3) is 0 Å². The summed E-state index contributed by atoms with van der Waals surface area (Å²) in [5, 5.41) is 0. The monoisotopic (exact) mass is 216 g/mol. The van der Waals surface area contributed by atoms with Crippen LogP contribution in [0, 0.1) is 0 Å². The molecule has 0 saturated carbocycles. The molecular weight excluding hydrogens is 192 g/mol. The summed E-state index contributed by atoms with van der Waals surface area (Å²) in [5.74, 6) is 0. The molecule has 0 aromatic heterocycles. The molecule has 15 heavy (non-hydrogen) atoms. The number of nitrogens with zero attached hydrogens (tertiary/aromatic N) is 1. The van der Waals surface area contributed by atoms with E-state index in [1.807, 2.05) is 0 Å². The van der Waals surface area contributed by atoms with Gasteiger partial charge in [-0.05, 0) is 20.8 Å². The molecule has 0 aromatic carbocycles. The van der Waals surface area contributed by atoms with Crippen LogP contribution in [0.1, 0.15) is 20.8 Å². The summed E-state index contributed by atoms with van der Waals surface area (Å²) in [4.78, 5) is 2.39. The maximum absolute atomic E-state index is 5.83. The lowest BCUT2D eigenvalue weighted by molar-refractivity contribution is -0.131. The molecule has 4 nitrogen and oxygen atoms in total. The first-order chi connectivity index (χ1) is 7.03. The molecule has 4 heteroatoms. The van der Waals surface area contributed by atoms with Crippen LogP contribution >= 0.6 is 0 Å². The van der Waals surface area contributed by atoms with Crippen molar-refractivity contribution in [1.82, 2.24) is 4.90 Å². The van der Waals surface area contributed by atoms with Gasteiger partial charge in [0.2, 0.25) is 0 Å².